The van der Waals surface area contributed by atoms with Crippen LogP contribution < -0.4 is 14.9 Å². The van der Waals surface area contributed by atoms with Crippen molar-refractivity contribution in [2.45, 2.75) is 19.9 Å². The van der Waals surface area contributed by atoms with Gasteiger partial charge in [0.25, 0.3) is 0 Å². The molecule has 0 bridgehead atoms. The van der Waals surface area contributed by atoms with Gasteiger partial charge in [0.2, 0.25) is 5.91 Å². The highest BCUT2D eigenvalue weighted by Crippen LogP contribution is 2.36. The molecule has 1 aliphatic rings. The maximum absolute atomic E-state index is 12.2. The Morgan fingerprint density at radius 3 is 2.41 bits per heavy atom. The summed E-state index contributed by atoms with van der Waals surface area (Å²) in [6.07, 6.45) is 1.89. The van der Waals surface area contributed by atoms with Crippen LogP contribution in [0.3, 0.4) is 0 Å². The summed E-state index contributed by atoms with van der Waals surface area (Å²) in [6.45, 7) is 2.81. The zero-order chi connectivity index (χ0) is 19.6. The van der Waals surface area contributed by atoms with E-state index in [0.29, 0.717) is 22.0 Å². The zero-order valence-electron chi connectivity index (χ0n) is 15.2. The zero-order valence-corrected chi connectivity index (χ0v) is 15.9. The SMILES string of the molecule is COc1ccc([C@H]2C=C(c3cc(Cl)ccc3OC(C)=O)NN2C(C)=O)cc1. The number of hydrogen-bond donors (Lipinski definition) is 1. The first-order valence-corrected chi connectivity index (χ1v) is 8.67. The standard InChI is InChI=1S/C20H19ClN2O4/c1-12(24)23-19(14-4-7-16(26-3)8-5-14)11-18(22-23)17-10-15(21)6-9-20(17)27-13(2)25/h4-11,19,22H,1-3H3/t19-/m1/s1. The summed E-state index contributed by atoms with van der Waals surface area (Å²) in [5.41, 5.74) is 5.22. The van der Waals surface area contributed by atoms with Gasteiger partial charge in [0, 0.05) is 24.4 Å². The number of ether oxygens (including phenoxy) is 2. The Kier molecular flexibility index (Phi) is 5.37. The van der Waals surface area contributed by atoms with Gasteiger partial charge in [-0.05, 0) is 42.0 Å². The number of nitrogens with one attached hydrogen (secondary N) is 1. The van der Waals surface area contributed by atoms with Crippen molar-refractivity contribution in [1.29, 1.82) is 0 Å². The van der Waals surface area contributed by atoms with Crippen LogP contribution in [0.1, 0.15) is 31.0 Å². The number of methoxy groups -OCH3 is 1. The van der Waals surface area contributed by atoms with E-state index in [9.17, 15) is 9.59 Å². The quantitative estimate of drug-likeness (QED) is 0.640. The van der Waals surface area contributed by atoms with Crippen LogP contribution in [0.2, 0.25) is 5.02 Å². The molecule has 0 spiro atoms. The molecule has 0 radical (unpaired) electrons. The smallest absolute Gasteiger partial charge is 0.308 e. The van der Waals surface area contributed by atoms with Crippen LogP contribution in [0.25, 0.3) is 5.70 Å². The largest absolute Gasteiger partial charge is 0.497 e. The lowest BCUT2D eigenvalue weighted by Gasteiger charge is -2.24. The first kappa shape index (κ1) is 18.8. The van der Waals surface area contributed by atoms with E-state index in [1.54, 1.807) is 25.3 Å². The van der Waals surface area contributed by atoms with Crippen LogP contribution in [-0.4, -0.2) is 24.0 Å². The predicted octanol–water partition coefficient (Wildman–Crippen LogP) is 3.72. The summed E-state index contributed by atoms with van der Waals surface area (Å²) in [5, 5.41) is 2.00. The Bertz CT molecular complexity index is 909. The molecule has 0 aromatic heterocycles. The number of amides is 1. The van der Waals surface area contributed by atoms with Gasteiger partial charge < -0.3 is 9.47 Å². The summed E-state index contributed by atoms with van der Waals surface area (Å²) in [7, 11) is 1.60. The van der Waals surface area contributed by atoms with Gasteiger partial charge in [0.05, 0.1) is 18.8 Å². The topological polar surface area (TPSA) is 67.9 Å². The van der Waals surface area contributed by atoms with Gasteiger partial charge in [0.1, 0.15) is 11.5 Å². The molecule has 1 N–H and O–H groups in total. The van der Waals surface area contributed by atoms with Gasteiger partial charge in [-0.2, -0.15) is 0 Å². The van der Waals surface area contributed by atoms with Crippen LogP contribution in [0.4, 0.5) is 0 Å². The highest BCUT2D eigenvalue weighted by atomic mass is 35.5. The molecule has 1 heterocycles. The normalized spacial score (nSPS) is 15.8. The number of halogens is 1. The summed E-state index contributed by atoms with van der Waals surface area (Å²) >= 11 is 6.13. The number of hydrazine groups is 1. The van der Waals surface area contributed by atoms with E-state index in [1.165, 1.54) is 18.9 Å². The van der Waals surface area contributed by atoms with Crippen LogP contribution >= 0.6 is 11.6 Å². The maximum atomic E-state index is 12.2. The van der Waals surface area contributed by atoms with E-state index in [0.717, 1.165) is 11.3 Å². The molecule has 1 aliphatic heterocycles. The Balaban J connectivity index is 2.02. The second-order valence-electron chi connectivity index (χ2n) is 6.03. The van der Waals surface area contributed by atoms with Gasteiger partial charge in [-0.1, -0.05) is 23.7 Å². The Morgan fingerprint density at radius 1 is 1.11 bits per heavy atom. The number of rotatable bonds is 4. The molecule has 1 atom stereocenters. The minimum atomic E-state index is -0.438. The van der Waals surface area contributed by atoms with E-state index in [1.807, 2.05) is 30.3 Å². The van der Waals surface area contributed by atoms with E-state index in [-0.39, 0.29) is 11.9 Å². The van der Waals surface area contributed by atoms with E-state index in [2.05, 4.69) is 5.43 Å². The number of hydrogen-bond acceptors (Lipinski definition) is 5. The molecule has 0 saturated heterocycles. The lowest BCUT2D eigenvalue weighted by molar-refractivity contribution is -0.133. The molecule has 3 rings (SSSR count). The van der Waals surface area contributed by atoms with Gasteiger partial charge >= 0.3 is 5.97 Å². The van der Waals surface area contributed by atoms with E-state index in [4.69, 9.17) is 21.1 Å². The van der Waals surface area contributed by atoms with Crippen molar-refractivity contribution in [3.05, 3.63) is 64.7 Å². The van der Waals surface area contributed by atoms with Crippen LogP contribution in [-0.2, 0) is 9.59 Å². The first-order valence-electron chi connectivity index (χ1n) is 8.29. The molecule has 0 aliphatic carbocycles. The molecule has 140 valence electrons. The Hall–Kier alpha value is -2.99. The van der Waals surface area contributed by atoms with Crippen LogP contribution in [0, 0.1) is 0 Å². The fraction of sp³-hybridized carbons (Fsp3) is 0.200. The molecule has 0 unspecified atom stereocenters. The highest BCUT2D eigenvalue weighted by molar-refractivity contribution is 6.30. The third kappa shape index (κ3) is 4.06. The number of carbonyl (C=O) groups is 2. The molecule has 0 saturated carbocycles. The van der Waals surface area contributed by atoms with Crippen molar-refractivity contribution in [2.24, 2.45) is 0 Å². The third-order valence-corrected chi connectivity index (χ3v) is 4.36. The van der Waals surface area contributed by atoms with E-state index >= 15 is 0 Å². The molecular formula is C20H19ClN2O4. The van der Waals surface area contributed by atoms with Gasteiger partial charge in [-0.3, -0.25) is 15.0 Å². The van der Waals surface area contributed by atoms with Crippen molar-refractivity contribution in [2.75, 3.05) is 7.11 Å². The summed E-state index contributed by atoms with van der Waals surface area (Å²) in [4.78, 5) is 23.6. The number of esters is 1. The Labute approximate surface area is 162 Å². The summed E-state index contributed by atoms with van der Waals surface area (Å²) in [6, 6.07) is 12.1. The predicted molar refractivity (Wildman–Crippen MR) is 102 cm³/mol. The minimum Gasteiger partial charge on any atom is -0.497 e. The van der Waals surface area contributed by atoms with Gasteiger partial charge in [0.15, 0.2) is 0 Å². The minimum absolute atomic E-state index is 0.155. The molecule has 27 heavy (non-hydrogen) atoms. The van der Waals surface area contributed by atoms with Crippen LogP contribution in [0.5, 0.6) is 11.5 Å². The maximum Gasteiger partial charge on any atom is 0.308 e. The van der Waals surface area contributed by atoms with Gasteiger partial charge in [-0.25, -0.2) is 5.01 Å². The molecule has 1 amide bonds. The fourth-order valence-corrected chi connectivity index (χ4v) is 3.07. The molecular weight excluding hydrogens is 368 g/mol. The lowest BCUT2D eigenvalue weighted by atomic mass is 10.0. The molecule has 7 heteroatoms. The van der Waals surface area contributed by atoms with Crippen molar-refractivity contribution >= 4 is 29.2 Å². The highest BCUT2D eigenvalue weighted by Gasteiger charge is 2.30. The number of benzene rings is 2. The average Bonchev–Trinajstić information content (AvgIpc) is 3.08. The molecule has 0 fully saturated rings. The number of carbonyl (C=O) groups excluding carboxylic acids is 2. The second-order valence-corrected chi connectivity index (χ2v) is 6.47. The van der Waals surface area contributed by atoms with Crippen molar-refractivity contribution in [3.8, 4) is 11.5 Å². The average molecular weight is 387 g/mol. The monoisotopic (exact) mass is 386 g/mol. The van der Waals surface area contributed by atoms with Crippen molar-refractivity contribution in [1.82, 2.24) is 10.4 Å². The Morgan fingerprint density at radius 2 is 1.81 bits per heavy atom. The number of nitrogens with zero attached hydrogens (tertiary/aromatic N) is 1. The molecule has 2 aromatic carbocycles. The molecule has 6 nitrogen and oxygen atoms in total. The van der Waals surface area contributed by atoms with Crippen molar-refractivity contribution in [3.63, 3.8) is 0 Å². The van der Waals surface area contributed by atoms with Crippen LogP contribution in [0.15, 0.2) is 48.5 Å². The second kappa shape index (κ2) is 7.72. The summed E-state index contributed by atoms with van der Waals surface area (Å²) < 4.78 is 10.5. The fourth-order valence-electron chi connectivity index (χ4n) is 2.90. The van der Waals surface area contributed by atoms with Gasteiger partial charge in [-0.15, -0.1) is 0 Å². The van der Waals surface area contributed by atoms with Crippen molar-refractivity contribution < 1.29 is 19.1 Å². The van der Waals surface area contributed by atoms with E-state index < -0.39 is 5.97 Å². The summed E-state index contributed by atoms with van der Waals surface area (Å²) in [5.74, 6) is 0.505. The first-order chi connectivity index (χ1) is 12.9. The molecule has 2 aromatic rings. The lowest BCUT2D eigenvalue weighted by Crippen LogP contribution is -2.37. The third-order valence-electron chi connectivity index (χ3n) is 4.13.